The van der Waals surface area contributed by atoms with E-state index in [9.17, 15) is 9.59 Å². The molecule has 28 heavy (non-hydrogen) atoms. The molecule has 152 valence electrons. The Morgan fingerprint density at radius 3 is 2.46 bits per heavy atom. The summed E-state index contributed by atoms with van der Waals surface area (Å²) in [5.74, 6) is -0.0375. The second-order valence-corrected chi connectivity index (χ2v) is 10.1. The zero-order chi connectivity index (χ0) is 20.7. The van der Waals surface area contributed by atoms with Crippen molar-refractivity contribution in [1.29, 1.82) is 0 Å². The minimum atomic E-state index is -0.467. The molecule has 1 heterocycles. The molecule has 1 aromatic heterocycles. The first-order valence-corrected chi connectivity index (χ1v) is 11.1. The van der Waals surface area contributed by atoms with Gasteiger partial charge in [0, 0.05) is 23.2 Å². The topological polar surface area (TPSA) is 84.0 Å². The number of carbonyl (C=O) groups is 2. The van der Waals surface area contributed by atoms with Crippen molar-refractivity contribution < 1.29 is 9.59 Å². The van der Waals surface area contributed by atoms with Gasteiger partial charge >= 0.3 is 0 Å². The Labute approximate surface area is 174 Å². The molecule has 1 atom stereocenters. The van der Waals surface area contributed by atoms with Crippen molar-refractivity contribution in [1.82, 2.24) is 10.2 Å². The van der Waals surface area contributed by atoms with E-state index in [0.717, 1.165) is 28.9 Å². The number of hydrogen-bond acceptors (Lipinski definition) is 7. The van der Waals surface area contributed by atoms with Gasteiger partial charge in [0.15, 0.2) is 10.1 Å². The fourth-order valence-corrected chi connectivity index (χ4v) is 4.18. The van der Waals surface area contributed by atoms with Crippen molar-refractivity contribution in [2.75, 3.05) is 17.2 Å². The molecule has 0 fully saturated rings. The number of anilines is 2. The first-order valence-electron chi connectivity index (χ1n) is 9.40. The van der Waals surface area contributed by atoms with Gasteiger partial charge in [0.2, 0.25) is 11.0 Å². The van der Waals surface area contributed by atoms with Crippen molar-refractivity contribution in [3.8, 4) is 0 Å². The standard InChI is InChI=1S/C20H28N4O2S2/c1-6-7-12-21-18-23-24-19(28-18)27-13(2)16(25)14-8-10-15(11-9-14)22-17(26)20(3,4)5/h8-11,13H,6-7,12H2,1-5H3,(H,21,23)(H,22,26). The average Bonchev–Trinajstić information content (AvgIpc) is 3.08. The summed E-state index contributed by atoms with van der Waals surface area (Å²) in [4.78, 5) is 24.7. The van der Waals surface area contributed by atoms with Crippen LogP contribution in [0.5, 0.6) is 0 Å². The molecule has 2 aromatic rings. The summed E-state index contributed by atoms with van der Waals surface area (Å²) in [6.07, 6.45) is 2.21. The summed E-state index contributed by atoms with van der Waals surface area (Å²) in [6, 6.07) is 7.01. The summed E-state index contributed by atoms with van der Waals surface area (Å²) < 4.78 is 0.772. The van der Waals surface area contributed by atoms with Gasteiger partial charge in [0.25, 0.3) is 0 Å². The zero-order valence-corrected chi connectivity index (χ0v) is 18.7. The van der Waals surface area contributed by atoms with Crippen LogP contribution in [0.3, 0.4) is 0 Å². The third-order valence-corrected chi connectivity index (χ3v) is 6.03. The van der Waals surface area contributed by atoms with Gasteiger partial charge in [-0.25, -0.2) is 0 Å². The number of unbranched alkanes of at least 4 members (excludes halogenated alkanes) is 1. The first-order chi connectivity index (χ1) is 13.2. The van der Waals surface area contributed by atoms with E-state index in [1.165, 1.54) is 23.1 Å². The molecule has 0 saturated heterocycles. The summed E-state index contributed by atoms with van der Waals surface area (Å²) in [5, 5.41) is 14.9. The number of nitrogens with zero attached hydrogens (tertiary/aromatic N) is 2. The lowest BCUT2D eigenvalue weighted by molar-refractivity contribution is -0.123. The molecule has 1 amide bonds. The fourth-order valence-electron chi connectivity index (χ4n) is 2.18. The highest BCUT2D eigenvalue weighted by atomic mass is 32.2. The number of benzene rings is 1. The van der Waals surface area contributed by atoms with Crippen molar-refractivity contribution >= 4 is 45.6 Å². The normalized spacial score (nSPS) is 12.5. The van der Waals surface area contributed by atoms with Crippen LogP contribution in [0.15, 0.2) is 28.6 Å². The molecule has 1 aromatic carbocycles. The van der Waals surface area contributed by atoms with Crippen LogP contribution in [0, 0.1) is 5.41 Å². The average molecular weight is 421 g/mol. The van der Waals surface area contributed by atoms with E-state index in [-0.39, 0.29) is 16.9 Å². The molecule has 6 nitrogen and oxygen atoms in total. The summed E-state index contributed by atoms with van der Waals surface area (Å²) in [7, 11) is 0. The molecular formula is C20H28N4O2S2. The van der Waals surface area contributed by atoms with Gasteiger partial charge in [-0.05, 0) is 37.6 Å². The van der Waals surface area contributed by atoms with Crippen LogP contribution in [0.4, 0.5) is 10.8 Å². The maximum atomic E-state index is 12.7. The largest absolute Gasteiger partial charge is 0.360 e. The Balaban J connectivity index is 1.93. The SMILES string of the molecule is CCCCNc1nnc(SC(C)C(=O)c2ccc(NC(=O)C(C)(C)C)cc2)s1. The lowest BCUT2D eigenvalue weighted by atomic mass is 9.95. The highest BCUT2D eigenvalue weighted by Gasteiger charge is 2.22. The Hall–Kier alpha value is -1.93. The van der Waals surface area contributed by atoms with Crippen LogP contribution in [-0.2, 0) is 4.79 Å². The van der Waals surface area contributed by atoms with Crippen LogP contribution in [-0.4, -0.2) is 33.7 Å². The predicted molar refractivity (Wildman–Crippen MR) is 117 cm³/mol. The van der Waals surface area contributed by atoms with Crippen LogP contribution in [0.2, 0.25) is 0 Å². The van der Waals surface area contributed by atoms with E-state index in [2.05, 4.69) is 27.8 Å². The molecule has 0 saturated carbocycles. The van der Waals surface area contributed by atoms with Gasteiger partial charge in [-0.1, -0.05) is 57.2 Å². The summed E-state index contributed by atoms with van der Waals surface area (Å²) >= 11 is 2.88. The lowest BCUT2D eigenvalue weighted by Crippen LogP contribution is -2.27. The number of Topliss-reactive ketones (excluding diaryl/α,β-unsaturated/α-hetero) is 1. The van der Waals surface area contributed by atoms with E-state index < -0.39 is 5.41 Å². The van der Waals surface area contributed by atoms with E-state index in [1.807, 2.05) is 27.7 Å². The van der Waals surface area contributed by atoms with Gasteiger partial charge in [-0.3, -0.25) is 9.59 Å². The van der Waals surface area contributed by atoms with Gasteiger partial charge < -0.3 is 10.6 Å². The number of rotatable bonds is 9. The number of aromatic nitrogens is 2. The van der Waals surface area contributed by atoms with Crippen molar-refractivity contribution in [3.63, 3.8) is 0 Å². The Morgan fingerprint density at radius 2 is 1.86 bits per heavy atom. The molecule has 0 spiro atoms. The molecule has 0 aliphatic rings. The van der Waals surface area contributed by atoms with E-state index in [1.54, 1.807) is 24.3 Å². The molecular weight excluding hydrogens is 392 g/mol. The van der Waals surface area contributed by atoms with Gasteiger partial charge in [0.05, 0.1) is 5.25 Å². The van der Waals surface area contributed by atoms with E-state index in [0.29, 0.717) is 11.3 Å². The maximum Gasteiger partial charge on any atom is 0.229 e. The highest BCUT2D eigenvalue weighted by molar-refractivity contribution is 8.02. The molecule has 0 aliphatic carbocycles. The quantitative estimate of drug-likeness (QED) is 0.334. The molecule has 1 unspecified atom stereocenters. The smallest absolute Gasteiger partial charge is 0.229 e. The van der Waals surface area contributed by atoms with Crippen LogP contribution < -0.4 is 10.6 Å². The van der Waals surface area contributed by atoms with Crippen molar-refractivity contribution in [2.24, 2.45) is 5.41 Å². The highest BCUT2D eigenvalue weighted by Crippen LogP contribution is 2.30. The van der Waals surface area contributed by atoms with Crippen LogP contribution in [0.1, 0.15) is 57.8 Å². The predicted octanol–water partition coefficient (Wildman–Crippen LogP) is 5.10. The van der Waals surface area contributed by atoms with E-state index in [4.69, 9.17) is 0 Å². The number of nitrogens with one attached hydrogen (secondary N) is 2. The third-order valence-electron chi connectivity index (χ3n) is 3.97. The zero-order valence-electron chi connectivity index (χ0n) is 17.0. The Kier molecular flexibility index (Phi) is 8.00. The molecule has 0 aliphatic heterocycles. The number of thioether (sulfide) groups is 1. The Bertz CT molecular complexity index is 797. The molecule has 0 radical (unpaired) electrons. The van der Waals surface area contributed by atoms with E-state index >= 15 is 0 Å². The van der Waals surface area contributed by atoms with Crippen molar-refractivity contribution in [3.05, 3.63) is 29.8 Å². The minimum Gasteiger partial charge on any atom is -0.360 e. The van der Waals surface area contributed by atoms with Gasteiger partial charge in [0.1, 0.15) is 0 Å². The number of ketones is 1. The van der Waals surface area contributed by atoms with Gasteiger partial charge in [-0.15, -0.1) is 10.2 Å². The maximum absolute atomic E-state index is 12.7. The number of hydrogen-bond donors (Lipinski definition) is 2. The number of carbonyl (C=O) groups excluding carboxylic acids is 2. The summed E-state index contributed by atoms with van der Waals surface area (Å²) in [5.41, 5.74) is 0.828. The lowest BCUT2D eigenvalue weighted by Gasteiger charge is -2.17. The monoisotopic (exact) mass is 420 g/mol. The molecule has 2 N–H and O–H groups in total. The van der Waals surface area contributed by atoms with Crippen LogP contribution in [0.25, 0.3) is 0 Å². The second kappa shape index (κ2) is 10.0. The van der Waals surface area contributed by atoms with Crippen LogP contribution >= 0.6 is 23.1 Å². The first kappa shape index (κ1) is 22.4. The number of amides is 1. The van der Waals surface area contributed by atoms with Gasteiger partial charge in [-0.2, -0.15) is 0 Å². The second-order valence-electron chi connectivity index (χ2n) is 7.56. The third kappa shape index (κ3) is 6.60. The molecule has 0 bridgehead atoms. The minimum absolute atomic E-state index is 0.0226. The molecule has 2 rings (SSSR count). The van der Waals surface area contributed by atoms with Crippen molar-refractivity contribution in [2.45, 2.75) is 57.0 Å². The summed E-state index contributed by atoms with van der Waals surface area (Å²) in [6.45, 7) is 10.5. The Morgan fingerprint density at radius 1 is 1.18 bits per heavy atom. The molecule has 8 heteroatoms. The fraction of sp³-hybridized carbons (Fsp3) is 0.500.